The van der Waals surface area contributed by atoms with E-state index >= 15 is 0 Å². The van der Waals surface area contributed by atoms with Crippen molar-refractivity contribution in [1.29, 1.82) is 5.26 Å². The lowest BCUT2D eigenvalue weighted by molar-refractivity contribution is 0.427. The highest BCUT2D eigenvalue weighted by Gasteiger charge is 2.10. The van der Waals surface area contributed by atoms with Crippen LogP contribution in [0.1, 0.15) is 5.56 Å². The Morgan fingerprint density at radius 1 is 1.29 bits per heavy atom. The van der Waals surface area contributed by atoms with E-state index in [4.69, 9.17) is 5.26 Å². The van der Waals surface area contributed by atoms with Crippen LogP contribution in [-0.4, -0.2) is 16.5 Å². The summed E-state index contributed by atoms with van der Waals surface area (Å²) >= 11 is 0. The summed E-state index contributed by atoms with van der Waals surface area (Å²) < 4.78 is 13.8. The molecule has 0 amide bonds. The highest BCUT2D eigenvalue weighted by atomic mass is 19.1. The highest BCUT2D eigenvalue weighted by Crippen LogP contribution is 2.22. The molecule has 0 atom stereocenters. The fraction of sp³-hybridized carbons (Fsp3) is 0.231. The Morgan fingerprint density at radius 2 is 2.06 bits per heavy atom. The van der Waals surface area contributed by atoms with Gasteiger partial charge in [-0.15, -0.1) is 0 Å². The molecule has 1 heterocycles. The average molecular weight is 229 g/mol. The van der Waals surface area contributed by atoms with Crippen molar-refractivity contribution in [2.45, 2.75) is 13.0 Å². The summed E-state index contributed by atoms with van der Waals surface area (Å²) in [7, 11) is 0. The van der Waals surface area contributed by atoms with Crippen molar-refractivity contribution in [1.82, 2.24) is 9.78 Å². The number of nitriles is 1. The number of alkyl halides is 1. The van der Waals surface area contributed by atoms with Gasteiger partial charge in [0.1, 0.15) is 6.67 Å². The summed E-state index contributed by atoms with van der Waals surface area (Å²) in [6.45, 7) is -0.229. The molecule has 0 saturated carbocycles. The van der Waals surface area contributed by atoms with Gasteiger partial charge < -0.3 is 0 Å². The van der Waals surface area contributed by atoms with Crippen molar-refractivity contribution in [2.75, 3.05) is 6.67 Å². The van der Waals surface area contributed by atoms with Crippen molar-refractivity contribution in [3.63, 3.8) is 0 Å². The lowest BCUT2D eigenvalue weighted by Gasteiger charge is -1.98. The largest absolute Gasteiger partial charge is 0.269 e. The smallest absolute Gasteiger partial charge is 0.109 e. The van der Waals surface area contributed by atoms with E-state index in [9.17, 15) is 4.39 Å². The van der Waals surface area contributed by atoms with Crippen molar-refractivity contribution in [3.05, 3.63) is 42.1 Å². The van der Waals surface area contributed by atoms with Crippen molar-refractivity contribution >= 4 is 0 Å². The van der Waals surface area contributed by atoms with Gasteiger partial charge in [0.05, 0.1) is 24.7 Å². The molecule has 0 N–H and O–H groups in total. The minimum Gasteiger partial charge on any atom is -0.269 e. The Hall–Kier alpha value is -2.15. The van der Waals surface area contributed by atoms with Gasteiger partial charge in [0.2, 0.25) is 0 Å². The topological polar surface area (TPSA) is 41.6 Å². The van der Waals surface area contributed by atoms with Gasteiger partial charge in [-0.1, -0.05) is 30.3 Å². The standard InChI is InChI=1S/C13H12FN3/c14-7-9-17-10-12(6-8-15)13(16-17)11-4-2-1-3-5-11/h1-5,10H,6-7,9H2. The molecule has 2 rings (SSSR count). The quantitative estimate of drug-likeness (QED) is 0.808. The van der Waals surface area contributed by atoms with Gasteiger partial charge in [0, 0.05) is 17.3 Å². The van der Waals surface area contributed by atoms with Crippen LogP contribution in [0.4, 0.5) is 4.39 Å². The number of halogens is 1. The zero-order valence-corrected chi connectivity index (χ0v) is 9.31. The molecular weight excluding hydrogens is 217 g/mol. The first kappa shape index (κ1) is 11.3. The van der Waals surface area contributed by atoms with Crippen LogP contribution in [0.2, 0.25) is 0 Å². The molecule has 0 saturated heterocycles. The molecule has 1 aromatic carbocycles. The second-order valence-electron chi connectivity index (χ2n) is 3.66. The number of benzene rings is 1. The summed E-state index contributed by atoms with van der Waals surface area (Å²) in [5.74, 6) is 0. The molecule has 86 valence electrons. The van der Waals surface area contributed by atoms with E-state index in [1.807, 2.05) is 30.3 Å². The molecule has 1 aromatic heterocycles. The third-order valence-electron chi connectivity index (χ3n) is 2.47. The minimum absolute atomic E-state index is 0.227. The molecule has 3 nitrogen and oxygen atoms in total. The maximum Gasteiger partial charge on any atom is 0.109 e. The molecule has 0 bridgehead atoms. The van der Waals surface area contributed by atoms with Crippen LogP contribution in [0.15, 0.2) is 36.5 Å². The fourth-order valence-electron chi connectivity index (χ4n) is 1.72. The predicted octanol–water partition coefficient (Wildman–Crippen LogP) is 2.59. The van der Waals surface area contributed by atoms with Crippen LogP contribution in [0.25, 0.3) is 11.3 Å². The Morgan fingerprint density at radius 3 is 2.71 bits per heavy atom. The lowest BCUT2D eigenvalue weighted by Crippen LogP contribution is -1.99. The summed E-state index contributed by atoms with van der Waals surface area (Å²) in [6, 6.07) is 11.7. The van der Waals surface area contributed by atoms with E-state index in [2.05, 4.69) is 11.2 Å². The van der Waals surface area contributed by atoms with E-state index < -0.39 is 6.67 Å². The van der Waals surface area contributed by atoms with Crippen molar-refractivity contribution in [3.8, 4) is 17.3 Å². The minimum atomic E-state index is -0.456. The number of hydrogen-bond donors (Lipinski definition) is 0. The first-order valence-electron chi connectivity index (χ1n) is 5.40. The van der Waals surface area contributed by atoms with Gasteiger partial charge >= 0.3 is 0 Å². The summed E-state index contributed by atoms with van der Waals surface area (Å²) in [4.78, 5) is 0. The number of aromatic nitrogens is 2. The molecule has 17 heavy (non-hydrogen) atoms. The molecule has 0 aliphatic carbocycles. The van der Waals surface area contributed by atoms with Crippen LogP contribution < -0.4 is 0 Å². The first-order chi connectivity index (χ1) is 8.35. The van der Waals surface area contributed by atoms with Crippen LogP contribution in [0, 0.1) is 11.3 Å². The predicted molar refractivity (Wildman–Crippen MR) is 63.0 cm³/mol. The molecule has 4 heteroatoms. The second kappa shape index (κ2) is 5.26. The SMILES string of the molecule is N#CCc1cn(CCF)nc1-c1ccccc1. The Labute approximate surface area is 99.1 Å². The Balaban J connectivity index is 2.41. The van der Waals surface area contributed by atoms with E-state index in [0.717, 1.165) is 16.8 Å². The molecule has 0 aliphatic rings. The molecule has 0 unspecified atom stereocenters. The number of hydrogen-bond acceptors (Lipinski definition) is 2. The molecule has 0 aliphatic heterocycles. The zero-order valence-electron chi connectivity index (χ0n) is 9.31. The van der Waals surface area contributed by atoms with E-state index in [1.165, 1.54) is 0 Å². The molecular formula is C13H12FN3. The first-order valence-corrected chi connectivity index (χ1v) is 5.40. The normalized spacial score (nSPS) is 10.1. The third kappa shape index (κ3) is 2.51. The number of aryl methyl sites for hydroxylation is 1. The summed E-state index contributed by atoms with van der Waals surface area (Å²) in [5, 5.41) is 13.1. The number of rotatable bonds is 4. The van der Waals surface area contributed by atoms with Gasteiger partial charge in [-0.05, 0) is 0 Å². The van der Waals surface area contributed by atoms with E-state index in [0.29, 0.717) is 0 Å². The zero-order chi connectivity index (χ0) is 12.1. The Bertz CT molecular complexity index is 525. The van der Waals surface area contributed by atoms with Crippen molar-refractivity contribution in [2.24, 2.45) is 0 Å². The number of nitrogens with zero attached hydrogens (tertiary/aromatic N) is 3. The van der Waals surface area contributed by atoms with Crippen LogP contribution in [0.3, 0.4) is 0 Å². The maximum absolute atomic E-state index is 12.3. The van der Waals surface area contributed by atoms with E-state index in [-0.39, 0.29) is 13.0 Å². The lowest BCUT2D eigenvalue weighted by atomic mass is 10.1. The molecule has 0 radical (unpaired) electrons. The van der Waals surface area contributed by atoms with Gasteiger partial charge in [-0.2, -0.15) is 10.4 Å². The second-order valence-corrected chi connectivity index (χ2v) is 3.66. The van der Waals surface area contributed by atoms with Gasteiger partial charge in [-0.25, -0.2) is 4.39 Å². The summed E-state index contributed by atoms with van der Waals surface area (Å²) in [5.41, 5.74) is 2.56. The summed E-state index contributed by atoms with van der Waals surface area (Å²) in [6.07, 6.45) is 2.03. The molecule has 0 fully saturated rings. The molecule has 0 spiro atoms. The third-order valence-corrected chi connectivity index (χ3v) is 2.47. The average Bonchev–Trinajstić information content (AvgIpc) is 2.74. The van der Waals surface area contributed by atoms with Gasteiger partial charge in [-0.3, -0.25) is 4.68 Å². The van der Waals surface area contributed by atoms with Crippen LogP contribution in [0.5, 0.6) is 0 Å². The van der Waals surface area contributed by atoms with Crippen molar-refractivity contribution < 1.29 is 4.39 Å². The van der Waals surface area contributed by atoms with Crippen LogP contribution >= 0.6 is 0 Å². The molecule has 2 aromatic rings. The Kier molecular flexibility index (Phi) is 3.51. The highest BCUT2D eigenvalue weighted by molar-refractivity contribution is 5.62. The van der Waals surface area contributed by atoms with Gasteiger partial charge in [0.25, 0.3) is 0 Å². The van der Waals surface area contributed by atoms with E-state index in [1.54, 1.807) is 10.9 Å². The van der Waals surface area contributed by atoms with Crippen LogP contribution in [-0.2, 0) is 13.0 Å². The monoisotopic (exact) mass is 229 g/mol. The maximum atomic E-state index is 12.3. The van der Waals surface area contributed by atoms with Gasteiger partial charge in [0.15, 0.2) is 0 Å². The fourth-order valence-corrected chi connectivity index (χ4v) is 1.72.